The van der Waals surface area contributed by atoms with Gasteiger partial charge in [0, 0.05) is 25.2 Å². The summed E-state index contributed by atoms with van der Waals surface area (Å²) in [4.78, 5) is 13.5. The van der Waals surface area contributed by atoms with Gasteiger partial charge in [-0.05, 0) is 42.7 Å². The molecule has 0 fully saturated rings. The SMILES string of the molecule is CC(=O)Nc1ccc(CN(Cc2ccco2)[C@@H](C)C(C)C)cc1. The number of furan rings is 1. The molecule has 2 rings (SSSR count). The van der Waals surface area contributed by atoms with Crippen LogP contribution >= 0.6 is 0 Å². The second-order valence-electron chi connectivity index (χ2n) is 6.35. The van der Waals surface area contributed by atoms with Crippen LogP contribution in [0.15, 0.2) is 47.1 Å². The Hall–Kier alpha value is -2.07. The smallest absolute Gasteiger partial charge is 0.221 e. The zero-order valence-electron chi connectivity index (χ0n) is 14.4. The Morgan fingerprint density at radius 1 is 1.13 bits per heavy atom. The van der Waals surface area contributed by atoms with Crippen LogP contribution in [0.4, 0.5) is 5.69 Å². The minimum Gasteiger partial charge on any atom is -0.468 e. The molecule has 124 valence electrons. The third-order valence-electron chi connectivity index (χ3n) is 4.14. The highest BCUT2D eigenvalue weighted by molar-refractivity contribution is 5.88. The first-order chi connectivity index (χ1) is 11.0. The van der Waals surface area contributed by atoms with Gasteiger partial charge >= 0.3 is 0 Å². The molecule has 1 heterocycles. The van der Waals surface area contributed by atoms with E-state index < -0.39 is 0 Å². The van der Waals surface area contributed by atoms with Crippen molar-refractivity contribution in [2.45, 2.75) is 46.8 Å². The second kappa shape index (κ2) is 7.97. The highest BCUT2D eigenvalue weighted by atomic mass is 16.3. The predicted octanol–water partition coefficient (Wildman–Crippen LogP) is 4.28. The van der Waals surface area contributed by atoms with Crippen molar-refractivity contribution >= 4 is 11.6 Å². The molecular weight excluding hydrogens is 288 g/mol. The molecule has 0 saturated heterocycles. The number of benzene rings is 1. The first kappa shape index (κ1) is 17.3. The number of anilines is 1. The number of nitrogens with one attached hydrogen (secondary N) is 1. The van der Waals surface area contributed by atoms with Gasteiger partial charge in [-0.25, -0.2) is 0 Å². The molecule has 0 unspecified atom stereocenters. The predicted molar refractivity (Wildman–Crippen MR) is 93.0 cm³/mol. The number of rotatable bonds is 7. The van der Waals surface area contributed by atoms with Crippen LogP contribution in [0.2, 0.25) is 0 Å². The van der Waals surface area contributed by atoms with E-state index in [0.717, 1.165) is 24.5 Å². The molecule has 0 saturated carbocycles. The normalized spacial score (nSPS) is 12.6. The third kappa shape index (κ3) is 5.25. The van der Waals surface area contributed by atoms with E-state index in [0.29, 0.717) is 12.0 Å². The molecule has 1 atom stereocenters. The lowest BCUT2D eigenvalue weighted by molar-refractivity contribution is -0.114. The van der Waals surface area contributed by atoms with Crippen LogP contribution in [-0.2, 0) is 17.9 Å². The summed E-state index contributed by atoms with van der Waals surface area (Å²) in [5.41, 5.74) is 2.05. The van der Waals surface area contributed by atoms with Gasteiger partial charge in [0.1, 0.15) is 5.76 Å². The fourth-order valence-corrected chi connectivity index (χ4v) is 2.50. The Kier molecular flexibility index (Phi) is 5.99. The molecule has 0 aliphatic rings. The topological polar surface area (TPSA) is 45.5 Å². The van der Waals surface area contributed by atoms with Crippen molar-refractivity contribution in [1.82, 2.24) is 4.90 Å². The van der Waals surface area contributed by atoms with E-state index in [1.54, 1.807) is 6.26 Å². The number of hydrogen-bond acceptors (Lipinski definition) is 3. The van der Waals surface area contributed by atoms with E-state index in [1.165, 1.54) is 12.5 Å². The molecule has 0 bridgehead atoms. The maximum absolute atomic E-state index is 11.1. The average Bonchev–Trinajstić information content (AvgIpc) is 3.00. The Morgan fingerprint density at radius 3 is 2.35 bits per heavy atom. The van der Waals surface area contributed by atoms with Gasteiger partial charge in [-0.3, -0.25) is 9.69 Å². The molecule has 1 amide bonds. The average molecular weight is 314 g/mol. The summed E-state index contributed by atoms with van der Waals surface area (Å²) in [7, 11) is 0. The Morgan fingerprint density at radius 2 is 1.83 bits per heavy atom. The number of hydrogen-bond donors (Lipinski definition) is 1. The summed E-state index contributed by atoms with van der Waals surface area (Å²) >= 11 is 0. The molecule has 1 aromatic carbocycles. The van der Waals surface area contributed by atoms with E-state index in [9.17, 15) is 4.79 Å². The van der Waals surface area contributed by atoms with Gasteiger partial charge in [0.05, 0.1) is 12.8 Å². The van der Waals surface area contributed by atoms with Crippen molar-refractivity contribution in [1.29, 1.82) is 0 Å². The highest BCUT2D eigenvalue weighted by Gasteiger charge is 2.18. The fourth-order valence-electron chi connectivity index (χ4n) is 2.50. The molecule has 1 N–H and O–H groups in total. The lowest BCUT2D eigenvalue weighted by atomic mass is 10.0. The van der Waals surface area contributed by atoms with E-state index in [1.807, 2.05) is 24.3 Å². The van der Waals surface area contributed by atoms with Crippen LogP contribution in [0.5, 0.6) is 0 Å². The van der Waals surface area contributed by atoms with Gasteiger partial charge in [0.2, 0.25) is 5.91 Å². The quantitative estimate of drug-likeness (QED) is 0.829. The van der Waals surface area contributed by atoms with E-state index >= 15 is 0 Å². The maximum atomic E-state index is 11.1. The molecule has 23 heavy (non-hydrogen) atoms. The lowest BCUT2D eigenvalue weighted by Gasteiger charge is -2.31. The summed E-state index contributed by atoms with van der Waals surface area (Å²) in [6.07, 6.45) is 1.72. The maximum Gasteiger partial charge on any atom is 0.221 e. The van der Waals surface area contributed by atoms with Crippen LogP contribution in [0, 0.1) is 5.92 Å². The van der Waals surface area contributed by atoms with Gasteiger partial charge in [-0.15, -0.1) is 0 Å². The number of carbonyl (C=O) groups excluding carboxylic acids is 1. The molecule has 2 aromatic rings. The largest absolute Gasteiger partial charge is 0.468 e. The number of carbonyl (C=O) groups is 1. The van der Waals surface area contributed by atoms with Crippen LogP contribution in [0.1, 0.15) is 39.0 Å². The first-order valence-corrected chi connectivity index (χ1v) is 8.08. The minimum atomic E-state index is -0.0503. The number of nitrogens with zero attached hydrogens (tertiary/aromatic N) is 1. The first-order valence-electron chi connectivity index (χ1n) is 8.08. The molecule has 4 nitrogen and oxygen atoms in total. The van der Waals surface area contributed by atoms with Crippen LogP contribution < -0.4 is 5.32 Å². The zero-order valence-corrected chi connectivity index (χ0v) is 14.4. The minimum absolute atomic E-state index is 0.0503. The summed E-state index contributed by atoms with van der Waals surface area (Å²) in [5, 5.41) is 2.80. The zero-order chi connectivity index (χ0) is 16.8. The van der Waals surface area contributed by atoms with Crippen molar-refractivity contribution in [2.24, 2.45) is 5.92 Å². The Balaban J connectivity index is 2.08. The molecule has 4 heteroatoms. The van der Waals surface area contributed by atoms with Crippen molar-refractivity contribution in [2.75, 3.05) is 5.32 Å². The Bertz CT molecular complexity index is 603. The summed E-state index contributed by atoms with van der Waals surface area (Å²) in [6, 6.07) is 12.4. The summed E-state index contributed by atoms with van der Waals surface area (Å²) < 4.78 is 5.51. The number of amides is 1. The van der Waals surface area contributed by atoms with Gasteiger partial charge in [-0.1, -0.05) is 26.0 Å². The summed E-state index contributed by atoms with van der Waals surface area (Å²) in [6.45, 7) is 9.88. The van der Waals surface area contributed by atoms with Crippen molar-refractivity contribution in [3.63, 3.8) is 0 Å². The van der Waals surface area contributed by atoms with Crippen molar-refractivity contribution < 1.29 is 9.21 Å². The molecule has 0 aliphatic heterocycles. The van der Waals surface area contributed by atoms with Gasteiger partial charge in [-0.2, -0.15) is 0 Å². The monoisotopic (exact) mass is 314 g/mol. The van der Waals surface area contributed by atoms with Crippen molar-refractivity contribution in [3.05, 3.63) is 54.0 Å². The second-order valence-corrected chi connectivity index (χ2v) is 6.35. The van der Waals surface area contributed by atoms with Crippen molar-refractivity contribution in [3.8, 4) is 0 Å². The summed E-state index contributed by atoms with van der Waals surface area (Å²) in [5.74, 6) is 1.49. The molecular formula is C19H26N2O2. The van der Waals surface area contributed by atoms with E-state index in [-0.39, 0.29) is 5.91 Å². The van der Waals surface area contributed by atoms with Gasteiger partial charge < -0.3 is 9.73 Å². The van der Waals surface area contributed by atoms with E-state index in [4.69, 9.17) is 4.42 Å². The lowest BCUT2D eigenvalue weighted by Crippen LogP contribution is -2.35. The van der Waals surface area contributed by atoms with Crippen LogP contribution in [0.3, 0.4) is 0 Å². The Labute approximate surface area is 138 Å². The highest BCUT2D eigenvalue weighted by Crippen LogP contribution is 2.19. The molecule has 1 aromatic heterocycles. The molecule has 0 spiro atoms. The molecule has 0 radical (unpaired) electrons. The van der Waals surface area contributed by atoms with E-state index in [2.05, 4.69) is 43.1 Å². The molecule has 0 aliphatic carbocycles. The van der Waals surface area contributed by atoms with Gasteiger partial charge in [0.25, 0.3) is 0 Å². The standard InChI is InChI=1S/C19H26N2O2/c1-14(2)15(3)21(13-19-6-5-11-23-19)12-17-7-9-18(10-8-17)20-16(4)22/h5-11,14-15H,12-13H2,1-4H3,(H,20,22)/t15-/m0/s1. The van der Waals surface area contributed by atoms with Gasteiger partial charge in [0.15, 0.2) is 0 Å². The van der Waals surface area contributed by atoms with Crippen LogP contribution in [0.25, 0.3) is 0 Å². The van der Waals surface area contributed by atoms with Crippen LogP contribution in [-0.4, -0.2) is 16.8 Å². The third-order valence-corrected chi connectivity index (χ3v) is 4.14. The fraction of sp³-hybridized carbons (Fsp3) is 0.421.